The standard InChI is InChI=1S/C19H24F3N3O4.2ClH/c1-11-14(12(2)29-25-11)8-23-9-18(5-15(26)16(27)6-18)10-28-17-4-3-13(7-24-17)19(20,21)22;;/h3-4,7,15-16,23,26-27H,5-6,8-10H2,1-2H3;2*1H/t15-,16+,18?;;. The fraction of sp³-hybridized carbons (Fsp3) is 0.579. The summed E-state index contributed by atoms with van der Waals surface area (Å²) in [5.74, 6) is 0.764. The Balaban J connectivity index is 0.00000240. The van der Waals surface area contributed by atoms with Gasteiger partial charge in [0.2, 0.25) is 5.88 Å². The van der Waals surface area contributed by atoms with E-state index in [0.29, 0.717) is 31.7 Å². The van der Waals surface area contributed by atoms with E-state index in [4.69, 9.17) is 9.26 Å². The number of halogens is 5. The quantitative estimate of drug-likeness (QED) is 0.551. The van der Waals surface area contributed by atoms with Gasteiger partial charge in [-0.05, 0) is 32.8 Å². The molecule has 3 rings (SSSR count). The third kappa shape index (κ3) is 6.69. The van der Waals surface area contributed by atoms with Gasteiger partial charge in [-0.15, -0.1) is 24.8 Å². The number of nitrogens with zero attached hydrogens (tertiary/aromatic N) is 2. The molecule has 2 heterocycles. The maximum Gasteiger partial charge on any atom is 0.417 e. The molecule has 0 spiro atoms. The largest absolute Gasteiger partial charge is 0.477 e. The minimum absolute atomic E-state index is 0. The lowest BCUT2D eigenvalue weighted by molar-refractivity contribution is -0.137. The van der Waals surface area contributed by atoms with Crippen LogP contribution < -0.4 is 10.1 Å². The summed E-state index contributed by atoms with van der Waals surface area (Å²) in [6.45, 7) is 4.66. The normalized spacial score (nSPS) is 23.2. The van der Waals surface area contributed by atoms with Gasteiger partial charge < -0.3 is 24.8 Å². The average molecular weight is 488 g/mol. The van der Waals surface area contributed by atoms with E-state index in [2.05, 4.69) is 15.5 Å². The molecule has 31 heavy (non-hydrogen) atoms. The summed E-state index contributed by atoms with van der Waals surface area (Å²) < 4.78 is 48.7. The minimum atomic E-state index is -4.46. The van der Waals surface area contributed by atoms with Crippen molar-refractivity contribution in [1.82, 2.24) is 15.5 Å². The molecule has 0 saturated heterocycles. The van der Waals surface area contributed by atoms with Gasteiger partial charge in [0.25, 0.3) is 0 Å². The van der Waals surface area contributed by atoms with Gasteiger partial charge in [-0.3, -0.25) is 0 Å². The zero-order valence-corrected chi connectivity index (χ0v) is 18.6. The second kappa shape index (κ2) is 10.8. The number of aromatic nitrogens is 2. The molecule has 2 aromatic rings. The first kappa shape index (κ1) is 27.4. The predicted octanol–water partition coefficient (Wildman–Crippen LogP) is 3.22. The Bertz CT molecular complexity index is 804. The average Bonchev–Trinajstić information content (AvgIpc) is 3.13. The van der Waals surface area contributed by atoms with E-state index in [9.17, 15) is 23.4 Å². The van der Waals surface area contributed by atoms with Crippen molar-refractivity contribution in [2.24, 2.45) is 5.41 Å². The van der Waals surface area contributed by atoms with E-state index >= 15 is 0 Å². The number of pyridine rings is 1. The Kier molecular flexibility index (Phi) is 9.58. The van der Waals surface area contributed by atoms with Crippen molar-refractivity contribution in [3.63, 3.8) is 0 Å². The highest BCUT2D eigenvalue weighted by Gasteiger charge is 2.44. The molecule has 0 amide bonds. The van der Waals surface area contributed by atoms with Crippen LogP contribution >= 0.6 is 24.8 Å². The van der Waals surface area contributed by atoms with Gasteiger partial charge in [0.1, 0.15) is 5.76 Å². The molecule has 1 unspecified atom stereocenters. The SMILES string of the molecule is Cc1noc(C)c1CNCC1(COc2ccc(C(F)(F)F)cn2)C[C@@H](O)[C@@H](O)C1.Cl.Cl. The van der Waals surface area contributed by atoms with Crippen molar-refractivity contribution < 1.29 is 32.6 Å². The van der Waals surface area contributed by atoms with Crippen molar-refractivity contribution in [3.8, 4) is 5.88 Å². The number of ether oxygens (including phenoxy) is 1. The van der Waals surface area contributed by atoms with E-state index < -0.39 is 29.4 Å². The molecule has 176 valence electrons. The summed E-state index contributed by atoms with van der Waals surface area (Å²) in [7, 11) is 0. The van der Waals surface area contributed by atoms with E-state index in [-0.39, 0.29) is 37.3 Å². The number of hydrogen-bond donors (Lipinski definition) is 3. The van der Waals surface area contributed by atoms with E-state index in [1.165, 1.54) is 0 Å². The van der Waals surface area contributed by atoms with E-state index in [1.54, 1.807) is 0 Å². The number of aliphatic hydroxyl groups excluding tert-OH is 2. The van der Waals surface area contributed by atoms with Gasteiger partial charge in [0.05, 0.1) is 30.1 Å². The molecule has 3 N–H and O–H groups in total. The topological polar surface area (TPSA) is 101 Å². The Morgan fingerprint density at radius 1 is 1.19 bits per heavy atom. The summed E-state index contributed by atoms with van der Waals surface area (Å²) in [6.07, 6.45) is -4.93. The lowest BCUT2D eigenvalue weighted by atomic mass is 9.86. The van der Waals surface area contributed by atoms with Crippen molar-refractivity contribution in [2.75, 3.05) is 13.2 Å². The molecule has 0 radical (unpaired) electrons. The van der Waals surface area contributed by atoms with Crippen LogP contribution in [0.3, 0.4) is 0 Å². The van der Waals surface area contributed by atoms with Crippen molar-refractivity contribution in [1.29, 1.82) is 0 Å². The van der Waals surface area contributed by atoms with Crippen LogP contribution in [0.5, 0.6) is 5.88 Å². The number of nitrogens with one attached hydrogen (secondary N) is 1. The molecule has 1 saturated carbocycles. The maximum absolute atomic E-state index is 12.7. The highest BCUT2D eigenvalue weighted by atomic mass is 35.5. The molecule has 0 aromatic carbocycles. The van der Waals surface area contributed by atoms with Crippen LogP contribution in [-0.4, -0.2) is 45.7 Å². The number of alkyl halides is 3. The second-order valence-corrected chi connectivity index (χ2v) is 7.62. The first-order chi connectivity index (χ1) is 13.6. The zero-order valence-electron chi connectivity index (χ0n) is 17.0. The molecule has 0 aliphatic heterocycles. The maximum atomic E-state index is 12.7. The highest BCUT2D eigenvalue weighted by molar-refractivity contribution is 5.85. The molecule has 1 aliphatic rings. The third-order valence-electron chi connectivity index (χ3n) is 5.30. The first-order valence-corrected chi connectivity index (χ1v) is 9.24. The lowest BCUT2D eigenvalue weighted by Crippen LogP contribution is -2.38. The second-order valence-electron chi connectivity index (χ2n) is 7.62. The summed E-state index contributed by atoms with van der Waals surface area (Å²) in [5.41, 5.74) is 0.264. The summed E-state index contributed by atoms with van der Waals surface area (Å²) in [5, 5.41) is 27.2. The van der Waals surface area contributed by atoms with Crippen LogP contribution in [-0.2, 0) is 12.7 Å². The molecular weight excluding hydrogens is 462 g/mol. The number of rotatable bonds is 7. The van der Waals surface area contributed by atoms with Crippen molar-refractivity contribution in [2.45, 2.75) is 51.6 Å². The molecule has 1 fully saturated rings. The monoisotopic (exact) mass is 487 g/mol. The van der Waals surface area contributed by atoms with E-state index in [1.807, 2.05) is 13.8 Å². The van der Waals surface area contributed by atoms with Gasteiger partial charge in [-0.1, -0.05) is 5.16 Å². The van der Waals surface area contributed by atoms with Crippen molar-refractivity contribution >= 4 is 24.8 Å². The molecule has 2 aromatic heterocycles. The fourth-order valence-electron chi connectivity index (χ4n) is 3.62. The highest BCUT2D eigenvalue weighted by Crippen LogP contribution is 2.39. The van der Waals surface area contributed by atoms with Gasteiger partial charge in [0.15, 0.2) is 0 Å². The number of aliphatic hydroxyl groups is 2. The summed E-state index contributed by atoms with van der Waals surface area (Å²) in [4.78, 5) is 3.71. The number of aryl methyl sites for hydroxylation is 2. The van der Waals surface area contributed by atoms with Crippen LogP contribution in [0.4, 0.5) is 13.2 Å². The molecule has 0 bridgehead atoms. The summed E-state index contributed by atoms with van der Waals surface area (Å²) >= 11 is 0. The van der Waals surface area contributed by atoms with Crippen LogP contribution in [0, 0.1) is 19.3 Å². The van der Waals surface area contributed by atoms with Gasteiger partial charge >= 0.3 is 6.18 Å². The summed E-state index contributed by atoms with van der Waals surface area (Å²) in [6, 6.07) is 2.07. The van der Waals surface area contributed by atoms with Crippen LogP contribution in [0.15, 0.2) is 22.9 Å². The van der Waals surface area contributed by atoms with Gasteiger partial charge in [-0.25, -0.2) is 4.98 Å². The minimum Gasteiger partial charge on any atom is -0.477 e. The molecule has 3 atom stereocenters. The van der Waals surface area contributed by atoms with Gasteiger partial charge in [0, 0.05) is 36.3 Å². The van der Waals surface area contributed by atoms with Crippen molar-refractivity contribution in [3.05, 3.63) is 40.9 Å². The van der Waals surface area contributed by atoms with Crippen LogP contribution in [0.1, 0.15) is 35.4 Å². The lowest BCUT2D eigenvalue weighted by Gasteiger charge is -2.29. The smallest absolute Gasteiger partial charge is 0.417 e. The Labute approximate surface area is 190 Å². The molecule has 7 nitrogen and oxygen atoms in total. The Hall–Kier alpha value is -1.59. The van der Waals surface area contributed by atoms with E-state index in [0.717, 1.165) is 29.6 Å². The fourth-order valence-corrected chi connectivity index (χ4v) is 3.62. The molecule has 1 aliphatic carbocycles. The third-order valence-corrected chi connectivity index (χ3v) is 5.30. The van der Waals surface area contributed by atoms with Gasteiger partial charge in [-0.2, -0.15) is 13.2 Å². The molecular formula is C19H26Cl2F3N3O4. The van der Waals surface area contributed by atoms with Crippen LogP contribution in [0.2, 0.25) is 0 Å². The zero-order chi connectivity index (χ0) is 21.2. The molecule has 12 heteroatoms. The van der Waals surface area contributed by atoms with Crippen LogP contribution in [0.25, 0.3) is 0 Å². The predicted molar refractivity (Wildman–Crippen MR) is 111 cm³/mol. The Morgan fingerprint density at radius 2 is 1.84 bits per heavy atom. The first-order valence-electron chi connectivity index (χ1n) is 9.24. The number of hydrogen-bond acceptors (Lipinski definition) is 7. The Morgan fingerprint density at radius 3 is 2.32 bits per heavy atom.